The predicted octanol–water partition coefficient (Wildman–Crippen LogP) is 4.49. The summed E-state index contributed by atoms with van der Waals surface area (Å²) in [4.78, 5) is 37.6. The maximum absolute atomic E-state index is 12.6. The van der Waals surface area contributed by atoms with Crippen molar-refractivity contribution in [1.29, 1.82) is 0 Å². The first-order valence-electron chi connectivity index (χ1n) is 16.4. The van der Waals surface area contributed by atoms with Crippen LogP contribution in [-0.4, -0.2) is 95.2 Å². The molecule has 2 saturated heterocycles. The topological polar surface area (TPSA) is 88.3 Å². The van der Waals surface area contributed by atoms with E-state index in [0.717, 1.165) is 61.2 Å². The van der Waals surface area contributed by atoms with Crippen LogP contribution in [0.5, 0.6) is 11.8 Å². The SMILES string of the molecule is [C-]#[N+]C[C@H]1CN(c2nc(OC[C@@H]3CCCN3C)nc3c(OC4CC4)c(-c4cccc5c4C[C@H]4C[C@@H]54)ncc23)CCN1C(=O)C=C. The van der Waals surface area contributed by atoms with Crippen LogP contribution in [0.4, 0.5) is 5.82 Å². The van der Waals surface area contributed by atoms with Crippen molar-refractivity contribution in [1.82, 2.24) is 24.8 Å². The molecule has 10 nitrogen and oxygen atoms in total. The molecule has 4 atom stereocenters. The van der Waals surface area contributed by atoms with Crippen molar-refractivity contribution in [2.24, 2.45) is 5.92 Å². The van der Waals surface area contributed by atoms with E-state index in [1.807, 2.05) is 6.20 Å². The molecule has 2 aliphatic heterocycles. The number of aromatic nitrogens is 3. The Balaban J connectivity index is 1.24. The minimum atomic E-state index is -0.281. The third-order valence-corrected chi connectivity index (χ3v) is 10.3. The first-order chi connectivity index (χ1) is 22.0. The van der Waals surface area contributed by atoms with E-state index in [1.165, 1.54) is 23.6 Å². The molecule has 0 unspecified atom stereocenters. The highest BCUT2D eigenvalue weighted by atomic mass is 16.5. The maximum Gasteiger partial charge on any atom is 0.319 e. The molecule has 0 bridgehead atoms. The van der Waals surface area contributed by atoms with Gasteiger partial charge in [-0.2, -0.15) is 9.97 Å². The van der Waals surface area contributed by atoms with Crippen molar-refractivity contribution in [3.05, 3.63) is 59.6 Å². The molecule has 5 aliphatic rings. The predicted molar refractivity (Wildman–Crippen MR) is 171 cm³/mol. The van der Waals surface area contributed by atoms with Gasteiger partial charge in [0.25, 0.3) is 0 Å². The summed E-state index contributed by atoms with van der Waals surface area (Å²) in [6.07, 6.45) is 10.0. The third kappa shape index (κ3) is 5.17. The molecule has 1 aromatic carbocycles. The standard InChI is InChI=1S/C35H39N7O3/c1-4-30(43)42-14-13-41(19-23(42)17-36-2)34-29-18-37-31(26-9-5-8-25-27-15-21(27)16-28(25)26)33(45-24-10-11-24)32(29)38-35(39-34)44-20-22-7-6-12-40(22)3/h4-5,8-9,18,21-24,27H,1,6-7,10-17,19-20H2,3H3/t21-,22+,23+,27-/m1/s1. The normalized spacial score (nSPS) is 25.5. The lowest BCUT2D eigenvalue weighted by molar-refractivity contribution is -0.128. The summed E-state index contributed by atoms with van der Waals surface area (Å²) in [7, 11) is 2.14. The summed E-state index contributed by atoms with van der Waals surface area (Å²) in [5.74, 6) is 2.70. The molecule has 0 spiro atoms. The van der Waals surface area contributed by atoms with E-state index < -0.39 is 0 Å². The second-order valence-corrected chi connectivity index (χ2v) is 13.3. The average Bonchev–Trinajstić information content (AvgIpc) is 3.97. The van der Waals surface area contributed by atoms with Crippen molar-refractivity contribution >= 4 is 22.6 Å². The fourth-order valence-electron chi connectivity index (χ4n) is 7.59. The molecule has 10 heteroatoms. The monoisotopic (exact) mass is 605 g/mol. The van der Waals surface area contributed by atoms with Gasteiger partial charge < -0.3 is 29.0 Å². The largest absolute Gasteiger partial charge is 0.486 e. The summed E-state index contributed by atoms with van der Waals surface area (Å²) in [6.45, 7) is 14.5. The Morgan fingerprint density at radius 3 is 2.84 bits per heavy atom. The molecule has 0 N–H and O–H groups in total. The lowest BCUT2D eigenvalue weighted by Gasteiger charge is -2.39. The highest BCUT2D eigenvalue weighted by molar-refractivity contribution is 5.97. The van der Waals surface area contributed by atoms with Crippen LogP contribution in [0.25, 0.3) is 27.0 Å². The molecule has 3 aliphatic carbocycles. The minimum Gasteiger partial charge on any atom is -0.486 e. The molecule has 1 amide bonds. The Kier molecular flexibility index (Phi) is 7.09. The summed E-state index contributed by atoms with van der Waals surface area (Å²) in [5, 5.41) is 0.792. The van der Waals surface area contributed by atoms with Crippen LogP contribution in [0.3, 0.4) is 0 Å². The van der Waals surface area contributed by atoms with Crippen molar-refractivity contribution in [2.45, 2.75) is 62.6 Å². The van der Waals surface area contributed by atoms with Crippen LogP contribution in [0.1, 0.15) is 49.1 Å². The Labute approximate surface area is 263 Å². The van der Waals surface area contributed by atoms with Crippen LogP contribution < -0.4 is 14.4 Å². The Morgan fingerprint density at radius 1 is 1.18 bits per heavy atom. The summed E-state index contributed by atoms with van der Waals surface area (Å²) in [6, 6.07) is 6.97. The number of pyridine rings is 1. The highest BCUT2D eigenvalue weighted by Crippen LogP contribution is 2.58. The van der Waals surface area contributed by atoms with Crippen molar-refractivity contribution in [3.63, 3.8) is 0 Å². The van der Waals surface area contributed by atoms with E-state index in [2.05, 4.69) is 46.5 Å². The van der Waals surface area contributed by atoms with Crippen LogP contribution in [0.15, 0.2) is 37.1 Å². The van der Waals surface area contributed by atoms with Gasteiger partial charge in [0.15, 0.2) is 5.75 Å². The Morgan fingerprint density at radius 2 is 2.07 bits per heavy atom. The average molecular weight is 606 g/mol. The smallest absolute Gasteiger partial charge is 0.319 e. The summed E-state index contributed by atoms with van der Waals surface area (Å²) in [5.41, 5.74) is 5.54. The number of hydrogen-bond donors (Lipinski definition) is 0. The van der Waals surface area contributed by atoms with Gasteiger partial charge in [0.2, 0.25) is 12.5 Å². The quantitative estimate of drug-likeness (QED) is 0.261. The Bertz CT molecular complexity index is 1720. The number of hydrogen-bond acceptors (Lipinski definition) is 8. The molecule has 45 heavy (non-hydrogen) atoms. The summed E-state index contributed by atoms with van der Waals surface area (Å²) >= 11 is 0. The first kappa shape index (κ1) is 28.3. The van der Waals surface area contributed by atoms with Gasteiger partial charge >= 0.3 is 6.01 Å². The lowest BCUT2D eigenvalue weighted by Crippen LogP contribution is -2.56. The number of anilines is 1. The maximum atomic E-state index is 12.6. The molecule has 2 saturated carbocycles. The van der Waals surface area contributed by atoms with E-state index in [0.29, 0.717) is 61.3 Å². The molecule has 4 heterocycles. The zero-order valence-electron chi connectivity index (χ0n) is 25.8. The van der Waals surface area contributed by atoms with E-state index >= 15 is 0 Å². The molecule has 232 valence electrons. The molecule has 3 aromatic rings. The number of likely N-dealkylation sites (tertiary alicyclic amines) is 1. The summed E-state index contributed by atoms with van der Waals surface area (Å²) < 4.78 is 13.1. The van der Waals surface area contributed by atoms with Crippen molar-refractivity contribution < 1.29 is 14.3 Å². The number of piperazine rings is 1. The zero-order chi connectivity index (χ0) is 30.7. The van der Waals surface area contributed by atoms with Gasteiger partial charge in [0.1, 0.15) is 29.7 Å². The number of carbonyl (C=O) groups is 1. The number of amides is 1. The van der Waals surface area contributed by atoms with E-state index in [-0.39, 0.29) is 24.6 Å². The number of ether oxygens (including phenoxy) is 2. The number of rotatable bonds is 9. The van der Waals surface area contributed by atoms with Gasteiger partial charge in [-0.05, 0) is 81.2 Å². The van der Waals surface area contributed by atoms with Gasteiger partial charge in [0.05, 0.1) is 11.5 Å². The van der Waals surface area contributed by atoms with E-state index in [4.69, 9.17) is 31.0 Å². The lowest BCUT2D eigenvalue weighted by atomic mass is 9.96. The van der Waals surface area contributed by atoms with Crippen LogP contribution in [0.2, 0.25) is 0 Å². The fourth-order valence-corrected chi connectivity index (χ4v) is 7.59. The zero-order valence-corrected chi connectivity index (χ0v) is 25.8. The second-order valence-electron chi connectivity index (χ2n) is 13.3. The van der Waals surface area contributed by atoms with Gasteiger partial charge in [-0.3, -0.25) is 9.78 Å². The number of nitrogens with zero attached hydrogens (tertiary/aromatic N) is 7. The Hall–Kier alpha value is -4.23. The van der Waals surface area contributed by atoms with Gasteiger partial charge in [-0.1, -0.05) is 24.8 Å². The second kappa shape index (κ2) is 11.3. The van der Waals surface area contributed by atoms with Crippen LogP contribution in [-0.2, 0) is 11.2 Å². The van der Waals surface area contributed by atoms with E-state index in [9.17, 15) is 4.79 Å². The minimum absolute atomic E-state index is 0.146. The van der Waals surface area contributed by atoms with Gasteiger partial charge in [-0.25, -0.2) is 6.57 Å². The molecule has 8 rings (SSSR count). The number of benzene rings is 1. The molecule has 4 fully saturated rings. The first-order valence-corrected chi connectivity index (χ1v) is 16.4. The van der Waals surface area contributed by atoms with Crippen LogP contribution >= 0.6 is 0 Å². The number of carbonyl (C=O) groups excluding carboxylic acids is 1. The van der Waals surface area contributed by atoms with Crippen molar-refractivity contribution in [3.8, 4) is 23.0 Å². The number of likely N-dealkylation sites (N-methyl/N-ethyl adjacent to an activating group) is 1. The van der Waals surface area contributed by atoms with Crippen molar-refractivity contribution in [2.75, 3.05) is 51.3 Å². The van der Waals surface area contributed by atoms with Crippen LogP contribution in [0, 0.1) is 12.5 Å². The molecule has 0 radical (unpaired) electrons. The number of fused-ring (bicyclic) bond motifs is 4. The highest BCUT2D eigenvalue weighted by Gasteiger charge is 2.46. The van der Waals surface area contributed by atoms with Gasteiger partial charge in [0, 0.05) is 37.4 Å². The molecule has 2 aromatic heterocycles. The third-order valence-electron chi connectivity index (χ3n) is 10.3. The fraction of sp³-hybridized carbons (Fsp3) is 0.514. The molecular weight excluding hydrogens is 566 g/mol. The van der Waals surface area contributed by atoms with E-state index in [1.54, 1.807) is 4.90 Å². The van der Waals surface area contributed by atoms with Gasteiger partial charge in [-0.15, -0.1) is 0 Å². The molecular formula is C35H39N7O3.